The largest absolute Gasteiger partial charge is 0.756 e. The van der Waals surface area contributed by atoms with E-state index < -0.39 is 20.0 Å². The number of unbranched alkanes of at least 4 members (excludes halogenated alkanes) is 41. The van der Waals surface area contributed by atoms with Crippen LogP contribution in [0.25, 0.3) is 0 Å². The number of phosphoric acid groups is 1. The van der Waals surface area contributed by atoms with Crippen LogP contribution in [0, 0.1) is 0 Å². The van der Waals surface area contributed by atoms with E-state index in [1.165, 1.54) is 225 Å². The van der Waals surface area contributed by atoms with Crippen molar-refractivity contribution in [2.45, 2.75) is 360 Å². The molecule has 1 N–H and O–H groups in total. The molecule has 0 saturated heterocycles. The molecule has 0 aliphatic heterocycles. The fourth-order valence-corrected chi connectivity index (χ4v) is 11.4. The molecule has 502 valence electrons. The van der Waals surface area contributed by atoms with E-state index in [1.54, 1.807) is 0 Å². The number of ether oxygens (including phenoxy) is 1. The third-order valence-electron chi connectivity index (χ3n) is 16.4. The van der Waals surface area contributed by atoms with Crippen molar-refractivity contribution in [1.29, 1.82) is 0 Å². The predicted octanol–water partition coefficient (Wildman–Crippen LogP) is 22.9. The Hall–Kier alpha value is -2.55. The number of likely N-dealkylation sites (N-methyl/N-ethyl adjacent to an activating group) is 1. The minimum atomic E-state index is -4.71. The van der Waals surface area contributed by atoms with Crippen molar-refractivity contribution in [3.05, 3.63) is 72.9 Å². The maximum Gasteiger partial charge on any atom is 0.306 e. The smallest absolute Gasteiger partial charge is 0.306 e. The molecule has 0 aliphatic rings. The molecule has 0 saturated carbocycles. The summed E-state index contributed by atoms with van der Waals surface area (Å²) in [4.78, 5) is 40.2. The highest BCUT2D eigenvalue weighted by Crippen LogP contribution is 2.38. The molecule has 0 aromatic rings. The van der Waals surface area contributed by atoms with E-state index in [0.29, 0.717) is 17.4 Å². The number of quaternary nitrogens is 1. The number of esters is 1. The average Bonchev–Trinajstić information content (AvgIpc) is 3.66. The molecule has 10 heteroatoms. The van der Waals surface area contributed by atoms with Gasteiger partial charge in [0.25, 0.3) is 7.82 Å². The summed E-state index contributed by atoms with van der Waals surface area (Å²) in [5.41, 5.74) is 0. The molecule has 86 heavy (non-hydrogen) atoms. The quantitative estimate of drug-likeness (QED) is 0.0212. The molecular weight excluding hydrogens is 1080 g/mol. The molecule has 0 rings (SSSR count). The van der Waals surface area contributed by atoms with Gasteiger partial charge in [-0.2, -0.15) is 0 Å². The Morgan fingerprint density at radius 3 is 1.08 bits per heavy atom. The molecule has 0 bridgehead atoms. The van der Waals surface area contributed by atoms with Crippen LogP contribution in [0.5, 0.6) is 0 Å². The topological polar surface area (TPSA) is 114 Å². The molecule has 3 unspecified atom stereocenters. The number of nitrogens with zero attached hydrogens (tertiary/aromatic N) is 1. The zero-order chi connectivity index (χ0) is 62.8. The average molecular weight is 1230 g/mol. The Kier molecular flexibility index (Phi) is 63.5. The van der Waals surface area contributed by atoms with Gasteiger partial charge < -0.3 is 28.5 Å². The van der Waals surface area contributed by atoms with Gasteiger partial charge in [0.15, 0.2) is 0 Å². The molecule has 1 amide bonds. The molecule has 0 aromatic carbocycles. The molecule has 0 aliphatic carbocycles. The first-order chi connectivity index (χ1) is 41.9. The lowest BCUT2D eigenvalue weighted by Gasteiger charge is -2.30. The fraction of sp³-hybridized carbons (Fsp3) is 0.816. The normalized spacial score (nSPS) is 13.9. The maximum atomic E-state index is 13.6. The molecule has 0 heterocycles. The lowest BCUT2D eigenvalue weighted by molar-refractivity contribution is -0.870. The standard InChI is InChI=1S/C76H141N2O7P/c1-7-10-13-16-19-22-25-28-30-32-34-36-38-39-41-43-45-47-49-51-54-57-60-63-66-69-76(80)85-74(67-64-61-58-55-52-27-24-21-18-15-12-9-3)73(72-84-86(81,82)83-71-70-78(4,5)6)77-75(79)68-65-62-59-56-53-50-48-46-44-42-40-37-35-33-31-29-26-23-20-17-14-11-8-2/h19-20,22-23,28-31,35,37,64,67,73-74H,7-18,21,24-27,32-34,36,38-63,65-66,68-72H2,1-6H3,(H-,77,79,81,82)/b22-19-,23-20-,30-28-,31-29-,37-35-,67-64+. The van der Waals surface area contributed by atoms with Crippen molar-refractivity contribution in [3.63, 3.8) is 0 Å². The lowest BCUT2D eigenvalue weighted by Crippen LogP contribution is -2.47. The monoisotopic (exact) mass is 1230 g/mol. The summed E-state index contributed by atoms with van der Waals surface area (Å²) in [5, 5.41) is 3.05. The summed E-state index contributed by atoms with van der Waals surface area (Å²) in [6.45, 7) is 6.83. The number of carbonyl (C=O) groups is 2. The zero-order valence-electron chi connectivity index (χ0n) is 57.5. The summed E-state index contributed by atoms with van der Waals surface area (Å²) >= 11 is 0. The van der Waals surface area contributed by atoms with Crippen molar-refractivity contribution in [2.24, 2.45) is 0 Å². The van der Waals surface area contributed by atoms with Crippen LogP contribution in [0.1, 0.15) is 348 Å². The van der Waals surface area contributed by atoms with Crippen LogP contribution in [0.15, 0.2) is 72.9 Å². The van der Waals surface area contributed by atoms with Gasteiger partial charge in [0.2, 0.25) is 5.91 Å². The van der Waals surface area contributed by atoms with Gasteiger partial charge in [-0.05, 0) is 102 Å². The molecule has 0 radical (unpaired) electrons. The molecule has 0 spiro atoms. The summed E-state index contributed by atoms with van der Waals surface area (Å²) in [6.07, 6.45) is 86.0. The van der Waals surface area contributed by atoms with Crippen molar-refractivity contribution in [1.82, 2.24) is 5.32 Å². The first kappa shape index (κ1) is 83.5. The first-order valence-corrected chi connectivity index (χ1v) is 38.2. The number of hydrogen-bond acceptors (Lipinski definition) is 7. The number of phosphoric ester groups is 1. The fourth-order valence-electron chi connectivity index (χ4n) is 10.7. The highest BCUT2D eigenvalue weighted by molar-refractivity contribution is 7.45. The number of nitrogens with one attached hydrogen (secondary N) is 1. The SMILES string of the molecule is CCCCC/C=C\C/C=C\C/C=C\CCCCCCCCCCCCC(=O)NC(COP(=O)([O-])OCC[N+](C)(C)C)C(/C=C/CCCCCCCCCCCC)OC(=O)CCCCCCCCCCCCCCCCC/C=C\C/C=C\CCCCC. The Morgan fingerprint density at radius 1 is 0.407 bits per heavy atom. The highest BCUT2D eigenvalue weighted by atomic mass is 31.2. The molecule has 3 atom stereocenters. The van der Waals surface area contributed by atoms with Crippen LogP contribution >= 0.6 is 7.82 Å². The number of allylic oxidation sites excluding steroid dienone is 11. The number of rotatable bonds is 67. The Bertz CT molecular complexity index is 1700. The van der Waals surface area contributed by atoms with Crippen molar-refractivity contribution >= 4 is 19.7 Å². The van der Waals surface area contributed by atoms with Gasteiger partial charge in [-0.15, -0.1) is 0 Å². The minimum absolute atomic E-state index is 0.0238. The van der Waals surface area contributed by atoms with Crippen molar-refractivity contribution in [2.75, 3.05) is 40.9 Å². The van der Waals surface area contributed by atoms with E-state index in [9.17, 15) is 19.0 Å². The van der Waals surface area contributed by atoms with Gasteiger partial charge in [-0.25, -0.2) is 0 Å². The Morgan fingerprint density at radius 2 is 0.709 bits per heavy atom. The van der Waals surface area contributed by atoms with Gasteiger partial charge in [0.05, 0.1) is 33.8 Å². The first-order valence-electron chi connectivity index (χ1n) is 36.7. The minimum Gasteiger partial charge on any atom is -0.756 e. The second kappa shape index (κ2) is 65.4. The summed E-state index contributed by atoms with van der Waals surface area (Å²) in [5.74, 6) is -0.534. The second-order valence-corrected chi connectivity index (χ2v) is 27.5. The molecule has 0 aromatic heterocycles. The van der Waals surface area contributed by atoms with Crippen LogP contribution in [-0.4, -0.2) is 69.4 Å². The second-order valence-electron chi connectivity index (χ2n) is 26.1. The van der Waals surface area contributed by atoms with E-state index in [-0.39, 0.29) is 31.5 Å². The maximum absolute atomic E-state index is 13.6. The molecule has 0 fully saturated rings. The molecular formula is C76H141N2O7P. The number of amides is 1. The van der Waals surface area contributed by atoms with Gasteiger partial charge in [-0.3, -0.25) is 14.2 Å². The predicted molar refractivity (Wildman–Crippen MR) is 372 cm³/mol. The Labute approximate surface area is 533 Å². The number of hydrogen-bond donors (Lipinski definition) is 1. The van der Waals surface area contributed by atoms with Crippen LogP contribution in [0.3, 0.4) is 0 Å². The summed E-state index contributed by atoms with van der Waals surface area (Å²) < 4.78 is 30.5. The van der Waals surface area contributed by atoms with Crippen molar-refractivity contribution < 1.29 is 37.3 Å². The number of carbonyl (C=O) groups excluding carboxylic acids is 2. The Balaban J connectivity index is 5.02. The van der Waals surface area contributed by atoms with Gasteiger partial charge >= 0.3 is 5.97 Å². The van der Waals surface area contributed by atoms with Gasteiger partial charge in [0, 0.05) is 12.8 Å². The lowest BCUT2D eigenvalue weighted by atomic mass is 10.0. The van der Waals surface area contributed by atoms with E-state index in [1.807, 2.05) is 33.3 Å². The third kappa shape index (κ3) is 65.9. The van der Waals surface area contributed by atoms with E-state index in [2.05, 4.69) is 86.8 Å². The van der Waals surface area contributed by atoms with Crippen LogP contribution in [0.4, 0.5) is 0 Å². The summed E-state index contributed by atoms with van der Waals surface area (Å²) in [7, 11) is 1.19. The van der Waals surface area contributed by atoms with E-state index >= 15 is 0 Å². The third-order valence-corrected chi connectivity index (χ3v) is 17.3. The van der Waals surface area contributed by atoms with Gasteiger partial charge in [-0.1, -0.05) is 306 Å². The summed E-state index contributed by atoms with van der Waals surface area (Å²) in [6, 6.07) is -0.893. The zero-order valence-corrected chi connectivity index (χ0v) is 58.4. The van der Waals surface area contributed by atoms with Crippen LogP contribution in [-0.2, 0) is 27.9 Å². The van der Waals surface area contributed by atoms with E-state index in [0.717, 1.165) is 89.9 Å². The molecule has 9 nitrogen and oxygen atoms in total. The van der Waals surface area contributed by atoms with E-state index in [4.69, 9.17) is 13.8 Å². The van der Waals surface area contributed by atoms with Gasteiger partial charge in [0.1, 0.15) is 19.3 Å². The van der Waals surface area contributed by atoms with Crippen molar-refractivity contribution in [3.8, 4) is 0 Å². The van der Waals surface area contributed by atoms with Crippen LogP contribution < -0.4 is 10.2 Å². The van der Waals surface area contributed by atoms with Crippen LogP contribution in [0.2, 0.25) is 0 Å². The highest BCUT2D eigenvalue weighted by Gasteiger charge is 2.27.